The van der Waals surface area contributed by atoms with Crippen molar-refractivity contribution in [3.8, 4) is 11.5 Å². The zero-order valence-corrected chi connectivity index (χ0v) is 20.7. The standard InChI is InChI=1S/C25H28N2O10/c1-13(28)32-12-20-23(33-14(2)29)25(35-16(4)31)24(34-15(3)30)22(37-20)17-6-5-7-18(10-17)36-19-8-9-21(26)27-11-19/h5-11,20,22-25H,12H2,1-4H3,(H2,26,27)/t20-,22?,23-,24-,25+/m1/s1. The van der Waals surface area contributed by atoms with Crippen LogP contribution in [-0.2, 0) is 42.9 Å². The second-order valence-electron chi connectivity index (χ2n) is 8.21. The Morgan fingerprint density at radius 2 is 1.49 bits per heavy atom. The van der Waals surface area contributed by atoms with Crippen LogP contribution in [0.4, 0.5) is 5.82 Å². The zero-order chi connectivity index (χ0) is 27.1. The summed E-state index contributed by atoms with van der Waals surface area (Å²) in [5, 5.41) is 0. The van der Waals surface area contributed by atoms with Crippen LogP contribution in [-0.4, -0.2) is 59.9 Å². The number of aromatic nitrogens is 1. The molecule has 0 saturated carbocycles. The molecule has 1 aliphatic heterocycles. The smallest absolute Gasteiger partial charge is 0.303 e. The molecule has 1 aromatic carbocycles. The number of anilines is 1. The molecule has 0 spiro atoms. The van der Waals surface area contributed by atoms with E-state index in [2.05, 4.69) is 4.98 Å². The summed E-state index contributed by atoms with van der Waals surface area (Å²) in [5.41, 5.74) is 6.10. The summed E-state index contributed by atoms with van der Waals surface area (Å²) < 4.78 is 33.5. The third-order valence-corrected chi connectivity index (χ3v) is 5.17. The van der Waals surface area contributed by atoms with Crippen LogP contribution in [0, 0.1) is 0 Å². The number of ether oxygens (including phenoxy) is 6. The predicted molar refractivity (Wildman–Crippen MR) is 126 cm³/mol. The first-order chi connectivity index (χ1) is 17.5. The molecule has 12 nitrogen and oxygen atoms in total. The van der Waals surface area contributed by atoms with Crippen molar-refractivity contribution < 1.29 is 47.6 Å². The van der Waals surface area contributed by atoms with Crippen LogP contribution < -0.4 is 10.5 Å². The molecule has 1 aromatic heterocycles. The Bertz CT molecular complexity index is 1140. The van der Waals surface area contributed by atoms with Crippen LogP contribution >= 0.6 is 0 Å². The number of nitrogens with zero attached hydrogens (tertiary/aromatic N) is 1. The molecule has 2 aromatic rings. The second kappa shape index (κ2) is 12.2. The Morgan fingerprint density at radius 1 is 0.838 bits per heavy atom. The number of esters is 4. The van der Waals surface area contributed by atoms with Gasteiger partial charge in [-0.25, -0.2) is 4.98 Å². The van der Waals surface area contributed by atoms with Crippen molar-refractivity contribution in [2.45, 2.75) is 58.2 Å². The third kappa shape index (κ3) is 7.64. The Hall–Kier alpha value is -4.19. The van der Waals surface area contributed by atoms with Gasteiger partial charge in [-0.3, -0.25) is 19.2 Å². The molecule has 12 heteroatoms. The molecule has 2 heterocycles. The van der Waals surface area contributed by atoms with Crippen molar-refractivity contribution in [3.63, 3.8) is 0 Å². The van der Waals surface area contributed by atoms with E-state index >= 15 is 0 Å². The van der Waals surface area contributed by atoms with E-state index in [-0.39, 0.29) is 6.61 Å². The number of nitrogen functional groups attached to an aromatic ring is 1. The van der Waals surface area contributed by atoms with E-state index in [4.69, 9.17) is 34.2 Å². The highest BCUT2D eigenvalue weighted by Crippen LogP contribution is 2.39. The second-order valence-corrected chi connectivity index (χ2v) is 8.21. The zero-order valence-electron chi connectivity index (χ0n) is 20.7. The van der Waals surface area contributed by atoms with Gasteiger partial charge in [0.1, 0.15) is 36.1 Å². The molecule has 37 heavy (non-hydrogen) atoms. The van der Waals surface area contributed by atoms with Crippen molar-refractivity contribution in [3.05, 3.63) is 48.2 Å². The van der Waals surface area contributed by atoms with Gasteiger partial charge >= 0.3 is 23.9 Å². The summed E-state index contributed by atoms with van der Waals surface area (Å²) in [6.07, 6.45) is -4.34. The summed E-state index contributed by atoms with van der Waals surface area (Å²) >= 11 is 0. The van der Waals surface area contributed by atoms with E-state index in [9.17, 15) is 19.2 Å². The largest absolute Gasteiger partial charge is 0.463 e. The lowest BCUT2D eigenvalue weighted by atomic mass is 9.90. The fourth-order valence-electron chi connectivity index (χ4n) is 3.84. The fraction of sp³-hybridized carbons (Fsp3) is 0.400. The average Bonchev–Trinajstić information content (AvgIpc) is 2.81. The molecule has 1 fully saturated rings. The maximum absolute atomic E-state index is 12.0. The monoisotopic (exact) mass is 516 g/mol. The van der Waals surface area contributed by atoms with Crippen LogP contribution in [0.2, 0.25) is 0 Å². The first-order valence-corrected chi connectivity index (χ1v) is 11.3. The van der Waals surface area contributed by atoms with Crippen LogP contribution in [0.25, 0.3) is 0 Å². The van der Waals surface area contributed by atoms with Crippen molar-refractivity contribution >= 4 is 29.7 Å². The van der Waals surface area contributed by atoms with Gasteiger partial charge in [0.25, 0.3) is 0 Å². The predicted octanol–water partition coefficient (Wildman–Crippen LogP) is 2.25. The molecule has 1 unspecified atom stereocenters. The van der Waals surface area contributed by atoms with Gasteiger partial charge in [0, 0.05) is 27.7 Å². The van der Waals surface area contributed by atoms with E-state index in [1.165, 1.54) is 20.0 Å². The first-order valence-electron chi connectivity index (χ1n) is 11.3. The van der Waals surface area contributed by atoms with Crippen molar-refractivity contribution in [1.82, 2.24) is 4.98 Å². The molecule has 5 atom stereocenters. The highest BCUT2D eigenvalue weighted by molar-refractivity contribution is 5.69. The van der Waals surface area contributed by atoms with Gasteiger partial charge in [0.2, 0.25) is 0 Å². The maximum atomic E-state index is 12.0. The topological polar surface area (TPSA) is 163 Å². The summed E-state index contributed by atoms with van der Waals surface area (Å²) in [4.78, 5) is 51.4. The van der Waals surface area contributed by atoms with Gasteiger partial charge < -0.3 is 34.2 Å². The van der Waals surface area contributed by atoms with Gasteiger partial charge in [0.15, 0.2) is 18.3 Å². The number of hydrogen-bond acceptors (Lipinski definition) is 12. The van der Waals surface area contributed by atoms with Crippen molar-refractivity contribution in [2.75, 3.05) is 12.3 Å². The van der Waals surface area contributed by atoms with E-state index in [1.54, 1.807) is 36.4 Å². The lowest BCUT2D eigenvalue weighted by Crippen LogP contribution is -2.59. The summed E-state index contributed by atoms with van der Waals surface area (Å²) in [6.45, 7) is 4.39. The first kappa shape index (κ1) is 27.4. The Labute approximate surface area is 212 Å². The number of hydrogen-bond donors (Lipinski definition) is 1. The Balaban J connectivity index is 2.02. The molecule has 2 N–H and O–H groups in total. The minimum absolute atomic E-state index is 0.318. The van der Waals surface area contributed by atoms with Crippen LogP contribution in [0.1, 0.15) is 39.4 Å². The van der Waals surface area contributed by atoms with E-state index < -0.39 is 54.4 Å². The number of carbonyl (C=O) groups is 4. The number of carbonyl (C=O) groups excluding carboxylic acids is 4. The van der Waals surface area contributed by atoms with Crippen LogP contribution in [0.5, 0.6) is 11.5 Å². The summed E-state index contributed by atoms with van der Waals surface area (Å²) in [7, 11) is 0. The molecule has 198 valence electrons. The normalized spacial score (nSPS) is 22.9. The minimum atomic E-state index is -1.27. The van der Waals surface area contributed by atoms with Gasteiger partial charge in [0.05, 0.1) is 6.20 Å². The minimum Gasteiger partial charge on any atom is -0.463 e. The van der Waals surface area contributed by atoms with Gasteiger partial charge in [-0.05, 0) is 29.8 Å². The summed E-state index contributed by atoms with van der Waals surface area (Å²) in [6, 6.07) is 9.92. The van der Waals surface area contributed by atoms with Crippen LogP contribution in [0.3, 0.4) is 0 Å². The van der Waals surface area contributed by atoms with E-state index in [1.807, 2.05) is 0 Å². The molecule has 0 radical (unpaired) electrons. The third-order valence-electron chi connectivity index (χ3n) is 5.17. The number of nitrogens with two attached hydrogens (primary N) is 1. The highest BCUT2D eigenvalue weighted by Gasteiger charge is 2.52. The van der Waals surface area contributed by atoms with Gasteiger partial charge in [-0.15, -0.1) is 0 Å². The Morgan fingerprint density at radius 3 is 2.08 bits per heavy atom. The van der Waals surface area contributed by atoms with Crippen molar-refractivity contribution in [2.24, 2.45) is 0 Å². The molecular weight excluding hydrogens is 488 g/mol. The quantitative estimate of drug-likeness (QED) is 0.403. The molecule has 0 bridgehead atoms. The molecule has 3 rings (SSSR count). The lowest BCUT2D eigenvalue weighted by molar-refractivity contribution is -0.254. The van der Waals surface area contributed by atoms with Gasteiger partial charge in [-0.2, -0.15) is 0 Å². The molecular formula is C25H28N2O10. The SMILES string of the molecule is CC(=O)OC[C@H]1OC(c2cccc(Oc3ccc(N)nc3)c2)[C@@H](OC(C)=O)[C@@H](OC(C)=O)[C@@H]1OC(C)=O. The van der Waals surface area contributed by atoms with Crippen molar-refractivity contribution in [1.29, 1.82) is 0 Å². The molecule has 0 aliphatic carbocycles. The van der Waals surface area contributed by atoms with Gasteiger partial charge in [-0.1, -0.05) is 12.1 Å². The summed E-state index contributed by atoms with van der Waals surface area (Å²) in [5.74, 6) is -1.54. The van der Waals surface area contributed by atoms with E-state index in [0.29, 0.717) is 22.9 Å². The maximum Gasteiger partial charge on any atom is 0.303 e. The molecule has 1 saturated heterocycles. The molecule has 0 amide bonds. The number of benzene rings is 1. The van der Waals surface area contributed by atoms with Crippen LogP contribution in [0.15, 0.2) is 42.6 Å². The highest BCUT2D eigenvalue weighted by atomic mass is 16.7. The number of rotatable bonds is 8. The fourth-order valence-corrected chi connectivity index (χ4v) is 3.84. The molecule has 1 aliphatic rings. The Kier molecular flexibility index (Phi) is 9.01. The average molecular weight is 517 g/mol. The number of pyridine rings is 1. The van der Waals surface area contributed by atoms with E-state index in [0.717, 1.165) is 13.8 Å². The lowest BCUT2D eigenvalue weighted by Gasteiger charge is -2.44.